The molecule has 0 unspecified atom stereocenters. The number of benzene rings is 1. The lowest BCUT2D eigenvalue weighted by molar-refractivity contribution is -0.313. The molecule has 0 amide bonds. The van der Waals surface area contributed by atoms with Gasteiger partial charge in [0.15, 0.2) is 0 Å². The zero-order valence-electron chi connectivity index (χ0n) is 14.2. The van der Waals surface area contributed by atoms with Crippen LogP contribution in [0.4, 0.5) is 26.3 Å². The monoisotopic (exact) mass is 442 g/mol. The first-order valence-electron chi connectivity index (χ1n) is 7.62. The van der Waals surface area contributed by atoms with Gasteiger partial charge in [-0.1, -0.05) is 29.8 Å². The van der Waals surface area contributed by atoms with Gasteiger partial charge in [-0.3, -0.25) is 14.4 Å². The molecule has 1 rings (SSSR count). The van der Waals surface area contributed by atoms with Crippen molar-refractivity contribution >= 4 is 19.3 Å². The zero-order valence-corrected chi connectivity index (χ0v) is 15.9. The Morgan fingerprint density at radius 1 is 1.00 bits per heavy atom. The van der Waals surface area contributed by atoms with Crippen LogP contribution in [0.15, 0.2) is 24.3 Å². The van der Waals surface area contributed by atoms with Crippen molar-refractivity contribution in [2.24, 2.45) is 0 Å². The van der Waals surface area contributed by atoms with Crippen LogP contribution < -0.4 is 10.4 Å². The van der Waals surface area contributed by atoms with Gasteiger partial charge in [0, 0.05) is 11.6 Å². The maximum Gasteiger partial charge on any atom is 0.429 e. The molecule has 0 spiro atoms. The van der Waals surface area contributed by atoms with Gasteiger partial charge >= 0.3 is 20.1 Å². The first-order chi connectivity index (χ1) is 12.3. The maximum absolute atomic E-state index is 13.6. The molecule has 0 aliphatic heterocycles. The minimum atomic E-state index is -5.95. The van der Waals surface area contributed by atoms with E-state index in [-0.39, 0.29) is 10.6 Å². The molecule has 0 heterocycles. The molecule has 0 atom stereocenters. The van der Waals surface area contributed by atoms with Crippen LogP contribution in [0.1, 0.15) is 19.4 Å². The maximum atomic E-state index is 13.6. The quantitative estimate of drug-likeness (QED) is 0.319. The minimum absolute atomic E-state index is 0.0264. The first-order valence-corrected chi connectivity index (χ1v) is 9.54. The Bertz CT molecular complexity index is 647. The smallest absolute Gasteiger partial charge is 0.297 e. The van der Waals surface area contributed by atoms with Gasteiger partial charge < -0.3 is 0 Å². The second-order valence-electron chi connectivity index (χ2n) is 5.14. The SMILES string of the molecule is CCOP(=O)(NC(NCc1ccccc1Cl)(C(F)(F)F)C(F)(F)F)OCC. The number of nitrogens with one attached hydrogen (secondary N) is 2. The third-order valence-corrected chi connectivity index (χ3v) is 5.43. The summed E-state index contributed by atoms with van der Waals surface area (Å²) < 4.78 is 103. The number of rotatable bonds is 9. The molecular formula is C14H18ClF6N2O3P. The van der Waals surface area contributed by atoms with Crippen molar-refractivity contribution in [3.63, 3.8) is 0 Å². The summed E-state index contributed by atoms with van der Waals surface area (Å²) in [6, 6.07) is 5.41. The Kier molecular flexibility index (Phi) is 8.16. The molecule has 0 aliphatic carbocycles. The molecule has 1 aromatic carbocycles. The third kappa shape index (κ3) is 5.82. The van der Waals surface area contributed by atoms with Crippen LogP contribution in [0.5, 0.6) is 0 Å². The number of hydrogen-bond donors (Lipinski definition) is 2. The van der Waals surface area contributed by atoms with Crippen molar-refractivity contribution in [1.82, 2.24) is 10.4 Å². The Morgan fingerprint density at radius 3 is 1.89 bits per heavy atom. The highest BCUT2D eigenvalue weighted by molar-refractivity contribution is 7.51. The van der Waals surface area contributed by atoms with E-state index in [0.717, 1.165) is 5.09 Å². The van der Waals surface area contributed by atoms with E-state index < -0.39 is 45.5 Å². The third-order valence-electron chi connectivity index (χ3n) is 3.26. The normalized spacial score (nSPS) is 13.8. The van der Waals surface area contributed by atoms with Gasteiger partial charge in [0.1, 0.15) is 0 Å². The van der Waals surface area contributed by atoms with E-state index in [4.69, 9.17) is 11.6 Å². The molecule has 0 aromatic heterocycles. The summed E-state index contributed by atoms with van der Waals surface area (Å²) in [5.74, 6) is 0. The molecule has 156 valence electrons. The fraction of sp³-hybridized carbons (Fsp3) is 0.571. The lowest BCUT2D eigenvalue weighted by Gasteiger charge is -2.40. The summed E-state index contributed by atoms with van der Waals surface area (Å²) in [6.45, 7) is 0.672. The highest BCUT2D eigenvalue weighted by Crippen LogP contribution is 2.52. The van der Waals surface area contributed by atoms with E-state index >= 15 is 0 Å². The second kappa shape index (κ2) is 9.11. The van der Waals surface area contributed by atoms with Gasteiger partial charge in [0.05, 0.1) is 13.2 Å². The molecule has 0 aliphatic rings. The molecule has 2 N–H and O–H groups in total. The van der Waals surface area contributed by atoms with Gasteiger partial charge in [0.2, 0.25) is 0 Å². The average Bonchev–Trinajstić information content (AvgIpc) is 2.51. The average molecular weight is 443 g/mol. The van der Waals surface area contributed by atoms with Gasteiger partial charge in [-0.2, -0.15) is 31.4 Å². The summed E-state index contributed by atoms with van der Waals surface area (Å²) in [5.41, 5.74) is -4.79. The fourth-order valence-corrected chi connectivity index (χ4v) is 3.87. The fourth-order valence-electron chi connectivity index (χ4n) is 2.04. The van der Waals surface area contributed by atoms with Crippen LogP contribution in [-0.2, 0) is 20.2 Å². The van der Waals surface area contributed by atoms with Gasteiger partial charge in [-0.25, -0.2) is 4.57 Å². The zero-order chi connectivity index (χ0) is 20.9. The van der Waals surface area contributed by atoms with Crippen LogP contribution >= 0.6 is 19.3 Å². The standard InChI is InChI=1S/C14H18ClF6N2O3P/c1-3-25-27(24,26-4-2)23-12(13(16,17)18,14(19,20)21)22-9-10-7-5-6-8-11(10)15/h5-8,22H,3-4,9H2,1-2H3,(H,23,24). The Morgan fingerprint density at radius 2 is 1.48 bits per heavy atom. The lowest BCUT2D eigenvalue weighted by Crippen LogP contribution is -2.73. The van der Waals surface area contributed by atoms with Gasteiger partial charge in [-0.05, 0) is 25.5 Å². The van der Waals surface area contributed by atoms with E-state index in [1.165, 1.54) is 43.4 Å². The summed E-state index contributed by atoms with van der Waals surface area (Å²) in [7, 11) is -4.95. The van der Waals surface area contributed by atoms with Crippen molar-refractivity contribution in [3.05, 3.63) is 34.9 Å². The predicted octanol–water partition coefficient (Wildman–Crippen LogP) is 5.02. The number of hydrogen-bond acceptors (Lipinski definition) is 4. The van der Waals surface area contributed by atoms with Crippen LogP contribution in [0, 0.1) is 0 Å². The minimum Gasteiger partial charge on any atom is -0.297 e. The molecule has 13 heteroatoms. The summed E-state index contributed by atoms with van der Waals surface area (Å²) >= 11 is 5.79. The van der Waals surface area contributed by atoms with E-state index in [9.17, 15) is 30.9 Å². The molecule has 0 saturated carbocycles. The Hall–Kier alpha value is -0.840. The number of halogens is 7. The van der Waals surface area contributed by atoms with Crippen LogP contribution in [-0.4, -0.2) is 31.2 Å². The molecular weight excluding hydrogens is 425 g/mol. The van der Waals surface area contributed by atoms with Crippen molar-refractivity contribution < 1.29 is 40.0 Å². The van der Waals surface area contributed by atoms with Gasteiger partial charge in [0.25, 0.3) is 5.66 Å². The summed E-state index contributed by atoms with van der Waals surface area (Å²) in [6.07, 6.45) is -11.9. The summed E-state index contributed by atoms with van der Waals surface area (Å²) in [5, 5.41) is 2.35. The lowest BCUT2D eigenvalue weighted by atomic mass is 10.1. The van der Waals surface area contributed by atoms with Crippen molar-refractivity contribution in [1.29, 1.82) is 0 Å². The molecule has 1 aromatic rings. The molecule has 0 radical (unpaired) electrons. The van der Waals surface area contributed by atoms with E-state index in [0.29, 0.717) is 0 Å². The van der Waals surface area contributed by atoms with Crippen LogP contribution in [0.25, 0.3) is 0 Å². The highest BCUT2D eigenvalue weighted by atomic mass is 35.5. The predicted molar refractivity (Wildman–Crippen MR) is 87.1 cm³/mol. The van der Waals surface area contributed by atoms with Crippen LogP contribution in [0.3, 0.4) is 0 Å². The Balaban J connectivity index is 3.38. The van der Waals surface area contributed by atoms with Gasteiger partial charge in [-0.15, -0.1) is 0 Å². The Labute approximate surface area is 156 Å². The number of alkyl halides is 6. The summed E-state index contributed by atoms with van der Waals surface area (Å²) in [4.78, 5) is 0. The first kappa shape index (κ1) is 24.2. The molecule has 27 heavy (non-hydrogen) atoms. The van der Waals surface area contributed by atoms with E-state index in [1.54, 1.807) is 0 Å². The van der Waals surface area contributed by atoms with Crippen molar-refractivity contribution in [2.75, 3.05) is 13.2 Å². The van der Waals surface area contributed by atoms with E-state index in [2.05, 4.69) is 9.05 Å². The second-order valence-corrected chi connectivity index (χ2v) is 7.28. The van der Waals surface area contributed by atoms with Crippen molar-refractivity contribution in [2.45, 2.75) is 38.4 Å². The molecule has 0 saturated heterocycles. The molecule has 0 bridgehead atoms. The molecule has 0 fully saturated rings. The largest absolute Gasteiger partial charge is 0.429 e. The topological polar surface area (TPSA) is 59.6 Å². The van der Waals surface area contributed by atoms with Crippen molar-refractivity contribution in [3.8, 4) is 0 Å². The van der Waals surface area contributed by atoms with E-state index in [1.807, 2.05) is 0 Å². The molecule has 5 nitrogen and oxygen atoms in total. The van der Waals surface area contributed by atoms with Crippen LogP contribution in [0.2, 0.25) is 5.02 Å². The highest BCUT2D eigenvalue weighted by Gasteiger charge is 2.73.